The summed E-state index contributed by atoms with van der Waals surface area (Å²) >= 11 is 0. The molecule has 2 aliphatic heterocycles. The molecule has 0 saturated carbocycles. The van der Waals surface area contributed by atoms with Gasteiger partial charge < -0.3 is 15.1 Å². The van der Waals surface area contributed by atoms with Gasteiger partial charge in [-0.05, 0) is 35.2 Å². The van der Waals surface area contributed by atoms with E-state index < -0.39 is 12.1 Å². The zero-order chi connectivity index (χ0) is 19.8. The van der Waals surface area contributed by atoms with E-state index >= 15 is 0 Å². The van der Waals surface area contributed by atoms with E-state index in [1.54, 1.807) is 9.80 Å². The van der Waals surface area contributed by atoms with Crippen molar-refractivity contribution in [2.24, 2.45) is 5.92 Å². The van der Waals surface area contributed by atoms with Crippen molar-refractivity contribution in [1.29, 1.82) is 0 Å². The maximum absolute atomic E-state index is 13.0. The van der Waals surface area contributed by atoms with Crippen LogP contribution in [0.15, 0.2) is 42.5 Å². The molecule has 0 unspecified atom stereocenters. The van der Waals surface area contributed by atoms with Gasteiger partial charge in [0.25, 0.3) is 5.91 Å². The van der Waals surface area contributed by atoms with Gasteiger partial charge in [-0.1, -0.05) is 44.2 Å². The van der Waals surface area contributed by atoms with Crippen molar-refractivity contribution < 1.29 is 14.4 Å². The third-order valence-electron chi connectivity index (χ3n) is 5.57. The van der Waals surface area contributed by atoms with E-state index in [2.05, 4.69) is 5.32 Å². The average Bonchev–Trinajstić information content (AvgIpc) is 2.70. The summed E-state index contributed by atoms with van der Waals surface area (Å²) in [5.41, 5.74) is 0.604. The second kappa shape index (κ2) is 7.26. The molecule has 0 radical (unpaired) electrons. The van der Waals surface area contributed by atoms with Crippen LogP contribution < -0.4 is 5.32 Å². The van der Waals surface area contributed by atoms with E-state index in [-0.39, 0.29) is 24.3 Å². The minimum atomic E-state index is -0.603. The first-order valence-electron chi connectivity index (χ1n) is 9.83. The normalized spacial score (nSPS) is 22.4. The molecule has 4 rings (SSSR count). The Morgan fingerprint density at radius 2 is 1.86 bits per heavy atom. The number of carbonyl (C=O) groups is 3. The molecule has 1 N–H and O–H groups in total. The molecule has 3 amide bonds. The largest absolute Gasteiger partial charge is 0.342 e. The Hall–Kier alpha value is -2.89. The first kappa shape index (κ1) is 18.5. The Labute approximate surface area is 164 Å². The van der Waals surface area contributed by atoms with Gasteiger partial charge in [-0.2, -0.15) is 0 Å². The van der Waals surface area contributed by atoms with Crippen LogP contribution >= 0.6 is 0 Å². The summed E-state index contributed by atoms with van der Waals surface area (Å²) in [5, 5.41) is 4.94. The third kappa shape index (κ3) is 3.35. The first-order valence-corrected chi connectivity index (χ1v) is 9.83. The third-order valence-corrected chi connectivity index (χ3v) is 5.57. The lowest BCUT2D eigenvalue weighted by Gasteiger charge is -2.45. The van der Waals surface area contributed by atoms with Crippen molar-refractivity contribution in [3.63, 3.8) is 0 Å². The zero-order valence-corrected chi connectivity index (χ0v) is 16.2. The van der Waals surface area contributed by atoms with Gasteiger partial charge in [-0.3, -0.25) is 14.4 Å². The molecule has 2 aliphatic rings. The fraction of sp³-hybridized carbons (Fsp3) is 0.409. The van der Waals surface area contributed by atoms with Crippen LogP contribution in [0.5, 0.6) is 0 Å². The molecule has 2 atom stereocenters. The standard InChI is InChI=1S/C22H25N3O3/c1-14(2)11-18-22(28)25-10-9-24(13-19(25)20(26)23-18)21(27)17-8-7-15-5-3-4-6-16(15)12-17/h3-8,12,14,18-19H,9-11,13H2,1-2H3,(H,23,26)/t18-,19-/m1/s1. The van der Waals surface area contributed by atoms with Crippen molar-refractivity contribution in [3.8, 4) is 0 Å². The van der Waals surface area contributed by atoms with Crippen molar-refractivity contribution in [2.45, 2.75) is 32.4 Å². The fourth-order valence-electron chi connectivity index (χ4n) is 4.12. The predicted molar refractivity (Wildman–Crippen MR) is 107 cm³/mol. The number of carbonyl (C=O) groups excluding carboxylic acids is 3. The smallest absolute Gasteiger partial charge is 0.254 e. The van der Waals surface area contributed by atoms with E-state index in [0.717, 1.165) is 10.8 Å². The summed E-state index contributed by atoms with van der Waals surface area (Å²) in [6.45, 7) is 5.13. The summed E-state index contributed by atoms with van der Waals surface area (Å²) in [5.74, 6) is 0.0221. The van der Waals surface area contributed by atoms with E-state index in [1.807, 2.05) is 56.3 Å². The number of benzene rings is 2. The van der Waals surface area contributed by atoms with Gasteiger partial charge in [0.15, 0.2) is 0 Å². The highest BCUT2D eigenvalue weighted by Gasteiger charge is 2.44. The number of hydrogen-bond donors (Lipinski definition) is 1. The number of amides is 3. The molecule has 2 aromatic rings. The minimum absolute atomic E-state index is 0.0314. The van der Waals surface area contributed by atoms with E-state index in [9.17, 15) is 14.4 Å². The molecule has 2 fully saturated rings. The Balaban J connectivity index is 1.51. The van der Waals surface area contributed by atoms with Crippen molar-refractivity contribution in [3.05, 3.63) is 48.0 Å². The van der Waals surface area contributed by atoms with Crippen LogP contribution in [0.25, 0.3) is 10.8 Å². The van der Waals surface area contributed by atoms with Crippen LogP contribution in [0.4, 0.5) is 0 Å². The first-order chi connectivity index (χ1) is 13.4. The molecule has 146 valence electrons. The molecular formula is C22H25N3O3. The molecule has 0 spiro atoms. The molecule has 6 heteroatoms. The Bertz CT molecular complexity index is 940. The lowest BCUT2D eigenvalue weighted by Crippen LogP contribution is -2.69. The highest BCUT2D eigenvalue weighted by molar-refractivity contribution is 6.01. The van der Waals surface area contributed by atoms with Crippen LogP contribution in [0.2, 0.25) is 0 Å². The second-order valence-corrected chi connectivity index (χ2v) is 8.05. The second-order valence-electron chi connectivity index (χ2n) is 8.05. The molecule has 0 aliphatic carbocycles. The van der Waals surface area contributed by atoms with E-state index in [1.165, 1.54) is 0 Å². The molecule has 2 aromatic carbocycles. The van der Waals surface area contributed by atoms with Gasteiger partial charge in [-0.15, -0.1) is 0 Å². The average molecular weight is 379 g/mol. The number of nitrogens with one attached hydrogen (secondary N) is 1. The van der Waals surface area contributed by atoms with Crippen LogP contribution in [-0.2, 0) is 9.59 Å². The van der Waals surface area contributed by atoms with Crippen molar-refractivity contribution >= 4 is 28.5 Å². The topological polar surface area (TPSA) is 69.7 Å². The lowest BCUT2D eigenvalue weighted by molar-refractivity contribution is -0.152. The summed E-state index contributed by atoms with van der Waals surface area (Å²) in [6.07, 6.45) is 0.632. The SMILES string of the molecule is CC(C)C[C@H]1NC(=O)[C@H]2CN(C(=O)c3ccc4ccccc4c3)CCN2C1=O. The molecule has 0 bridgehead atoms. The maximum atomic E-state index is 13.0. The Morgan fingerprint density at radius 1 is 1.11 bits per heavy atom. The number of nitrogens with zero attached hydrogens (tertiary/aromatic N) is 2. The quantitative estimate of drug-likeness (QED) is 0.887. The van der Waals surface area contributed by atoms with Crippen LogP contribution in [-0.4, -0.2) is 59.2 Å². The van der Waals surface area contributed by atoms with Crippen LogP contribution in [0.3, 0.4) is 0 Å². The number of fused-ring (bicyclic) bond motifs is 2. The highest BCUT2D eigenvalue weighted by Crippen LogP contribution is 2.22. The van der Waals surface area contributed by atoms with Crippen molar-refractivity contribution in [2.75, 3.05) is 19.6 Å². The minimum Gasteiger partial charge on any atom is -0.342 e. The molecule has 6 nitrogen and oxygen atoms in total. The van der Waals surface area contributed by atoms with Crippen LogP contribution in [0, 0.1) is 5.92 Å². The molecule has 0 aromatic heterocycles. The Morgan fingerprint density at radius 3 is 2.61 bits per heavy atom. The number of hydrogen-bond acceptors (Lipinski definition) is 3. The summed E-state index contributed by atoms with van der Waals surface area (Å²) < 4.78 is 0. The monoisotopic (exact) mass is 379 g/mol. The fourth-order valence-corrected chi connectivity index (χ4v) is 4.12. The molecular weight excluding hydrogens is 354 g/mol. The van der Waals surface area contributed by atoms with Gasteiger partial charge in [-0.25, -0.2) is 0 Å². The van der Waals surface area contributed by atoms with Gasteiger partial charge in [0.05, 0.1) is 6.54 Å². The van der Waals surface area contributed by atoms with Gasteiger partial charge in [0, 0.05) is 18.7 Å². The summed E-state index contributed by atoms with van der Waals surface area (Å²) in [6, 6.07) is 12.5. The molecule has 28 heavy (non-hydrogen) atoms. The van der Waals surface area contributed by atoms with Gasteiger partial charge in [0.2, 0.25) is 11.8 Å². The van der Waals surface area contributed by atoms with Gasteiger partial charge >= 0.3 is 0 Å². The number of rotatable bonds is 3. The van der Waals surface area contributed by atoms with Crippen LogP contribution in [0.1, 0.15) is 30.6 Å². The van der Waals surface area contributed by atoms with Gasteiger partial charge in [0.1, 0.15) is 12.1 Å². The summed E-state index contributed by atoms with van der Waals surface area (Å²) in [7, 11) is 0. The van der Waals surface area contributed by atoms with E-state index in [4.69, 9.17) is 0 Å². The molecule has 2 saturated heterocycles. The zero-order valence-electron chi connectivity index (χ0n) is 16.2. The number of piperazine rings is 2. The molecule has 2 heterocycles. The summed E-state index contributed by atoms with van der Waals surface area (Å²) in [4.78, 5) is 41.7. The highest BCUT2D eigenvalue weighted by atomic mass is 16.2. The Kier molecular flexibility index (Phi) is 4.79. The lowest BCUT2D eigenvalue weighted by atomic mass is 9.97. The predicted octanol–water partition coefficient (Wildman–Crippen LogP) is 2.04. The maximum Gasteiger partial charge on any atom is 0.254 e. The van der Waals surface area contributed by atoms with E-state index in [0.29, 0.717) is 31.0 Å². The van der Waals surface area contributed by atoms with Crippen molar-refractivity contribution in [1.82, 2.24) is 15.1 Å².